The molecule has 2 aromatic rings. The van der Waals surface area contributed by atoms with Gasteiger partial charge in [0.05, 0.1) is 0 Å². The first kappa shape index (κ1) is 21.2. The van der Waals surface area contributed by atoms with E-state index in [1.54, 1.807) is 0 Å². The second-order valence-corrected chi connectivity index (χ2v) is 7.40. The van der Waals surface area contributed by atoms with E-state index in [-0.39, 0.29) is 0 Å². The molecule has 0 unspecified atom stereocenters. The number of hydrogen-bond acceptors (Lipinski definition) is 2. The summed E-state index contributed by atoms with van der Waals surface area (Å²) in [5, 5.41) is 0. The van der Waals surface area contributed by atoms with Crippen molar-refractivity contribution in [3.8, 4) is 11.5 Å². The minimum Gasteiger partial charge on any atom is -0.463 e. The largest absolute Gasteiger partial charge is 0.463 e. The van der Waals surface area contributed by atoms with Crippen LogP contribution in [0.5, 0.6) is 11.5 Å². The summed E-state index contributed by atoms with van der Waals surface area (Å²) < 4.78 is 12.1. The third-order valence-corrected chi connectivity index (χ3v) is 5.11. The van der Waals surface area contributed by atoms with Crippen molar-refractivity contribution < 1.29 is 9.47 Å². The molecule has 3 rings (SSSR count). The molecule has 0 atom stereocenters. The van der Waals surface area contributed by atoms with Crippen LogP contribution in [-0.2, 0) is 4.74 Å². The van der Waals surface area contributed by atoms with Gasteiger partial charge in [0.15, 0.2) is 0 Å². The van der Waals surface area contributed by atoms with Gasteiger partial charge in [0.2, 0.25) is 0 Å². The van der Waals surface area contributed by atoms with Gasteiger partial charge in [0, 0.05) is 0 Å². The topological polar surface area (TPSA) is 18.5 Å². The molecule has 0 saturated carbocycles. The zero-order valence-electron chi connectivity index (χ0n) is 18.2. The van der Waals surface area contributed by atoms with Gasteiger partial charge in [0.1, 0.15) is 23.0 Å². The van der Waals surface area contributed by atoms with E-state index in [0.29, 0.717) is 5.76 Å². The summed E-state index contributed by atoms with van der Waals surface area (Å²) in [5.74, 6) is 3.01. The van der Waals surface area contributed by atoms with Crippen LogP contribution in [0.3, 0.4) is 0 Å². The number of hydrogen-bond donors (Lipinski definition) is 0. The van der Waals surface area contributed by atoms with Gasteiger partial charge in [-0.1, -0.05) is 61.7 Å². The van der Waals surface area contributed by atoms with Gasteiger partial charge in [0.25, 0.3) is 0 Å². The lowest BCUT2D eigenvalue weighted by Crippen LogP contribution is -1.96. The third-order valence-electron chi connectivity index (χ3n) is 5.11. The van der Waals surface area contributed by atoms with E-state index in [9.17, 15) is 0 Å². The standard InChI is InChI=1S/C28H28O2/c1-19-11-7-13-21(3)29-22(4)14-8-12-20(2)26-16-10-18-28(24(26)6)30-27-17-9-15-25(19)23(27)5/h7-18H,1,4H2,2-3,5-6H3. The van der Waals surface area contributed by atoms with Crippen molar-refractivity contribution in [3.05, 3.63) is 120 Å². The lowest BCUT2D eigenvalue weighted by molar-refractivity contribution is 0.324. The molecule has 0 spiro atoms. The van der Waals surface area contributed by atoms with Gasteiger partial charge in [-0.05, 0) is 85.4 Å². The minimum absolute atomic E-state index is 0.582. The molecule has 0 amide bonds. The SMILES string of the molecule is C=C1C=CC=C(C)c2cccc(c2C)Oc2cccc(c2C)C(=C)C=CC=C(C)O1. The third kappa shape index (κ3) is 4.90. The van der Waals surface area contributed by atoms with Crippen LogP contribution in [0.25, 0.3) is 11.1 Å². The summed E-state index contributed by atoms with van der Waals surface area (Å²) in [4.78, 5) is 0. The second-order valence-electron chi connectivity index (χ2n) is 7.40. The maximum absolute atomic E-state index is 6.34. The maximum Gasteiger partial charge on any atom is 0.130 e. The Labute approximate surface area is 179 Å². The maximum atomic E-state index is 6.34. The fourth-order valence-corrected chi connectivity index (χ4v) is 3.40. The van der Waals surface area contributed by atoms with Crippen molar-refractivity contribution in [2.24, 2.45) is 0 Å². The van der Waals surface area contributed by atoms with Crippen molar-refractivity contribution in [1.82, 2.24) is 0 Å². The molecule has 0 aromatic heterocycles. The quantitative estimate of drug-likeness (QED) is 0.448. The molecule has 1 aliphatic heterocycles. The Balaban J connectivity index is 2.12. The Bertz CT molecular complexity index is 1110. The molecule has 0 saturated heterocycles. The lowest BCUT2D eigenvalue weighted by Gasteiger charge is -2.16. The Hall–Kier alpha value is -3.52. The van der Waals surface area contributed by atoms with Gasteiger partial charge >= 0.3 is 0 Å². The van der Waals surface area contributed by atoms with E-state index in [1.807, 2.05) is 61.6 Å². The molecule has 2 nitrogen and oxygen atoms in total. The van der Waals surface area contributed by atoms with Gasteiger partial charge in [-0.25, -0.2) is 0 Å². The van der Waals surface area contributed by atoms with E-state index in [2.05, 4.69) is 52.1 Å². The van der Waals surface area contributed by atoms with Gasteiger partial charge in [-0.3, -0.25) is 0 Å². The molecular weight excluding hydrogens is 368 g/mol. The van der Waals surface area contributed by atoms with Gasteiger partial charge in [-0.2, -0.15) is 0 Å². The summed E-state index contributed by atoms with van der Waals surface area (Å²) in [6.07, 6.45) is 11.7. The van der Waals surface area contributed by atoms with Crippen molar-refractivity contribution in [2.45, 2.75) is 27.7 Å². The highest BCUT2D eigenvalue weighted by molar-refractivity contribution is 5.76. The van der Waals surface area contributed by atoms with Crippen molar-refractivity contribution in [2.75, 3.05) is 0 Å². The Kier molecular flexibility index (Phi) is 6.58. The number of benzene rings is 2. The van der Waals surface area contributed by atoms with Crippen molar-refractivity contribution in [1.29, 1.82) is 0 Å². The first-order valence-electron chi connectivity index (χ1n) is 10.00. The fraction of sp³-hybridized carbons (Fsp3) is 0.143. The van der Waals surface area contributed by atoms with E-state index in [4.69, 9.17) is 9.47 Å². The molecule has 0 aliphatic carbocycles. The van der Waals surface area contributed by atoms with Crippen LogP contribution in [0.4, 0.5) is 0 Å². The molecule has 2 heteroatoms. The van der Waals surface area contributed by atoms with Crippen LogP contribution in [0, 0.1) is 13.8 Å². The average molecular weight is 397 g/mol. The summed E-state index contributed by atoms with van der Waals surface area (Å²) >= 11 is 0. The zero-order chi connectivity index (χ0) is 21.7. The summed E-state index contributed by atoms with van der Waals surface area (Å²) in [5.41, 5.74) is 6.39. The summed E-state index contributed by atoms with van der Waals surface area (Å²) in [6, 6.07) is 12.2. The number of fused-ring (bicyclic) bond motifs is 4. The van der Waals surface area contributed by atoms with Crippen LogP contribution in [0.2, 0.25) is 0 Å². The first-order valence-corrected chi connectivity index (χ1v) is 10.00. The molecule has 4 bridgehead atoms. The normalized spacial score (nSPS) is 14.8. The fourth-order valence-electron chi connectivity index (χ4n) is 3.40. The predicted octanol–water partition coefficient (Wildman–Crippen LogP) is 8.07. The Morgan fingerprint density at radius 3 is 1.97 bits per heavy atom. The molecule has 1 heterocycles. The van der Waals surface area contributed by atoms with Crippen LogP contribution in [-0.4, -0.2) is 0 Å². The zero-order valence-corrected chi connectivity index (χ0v) is 18.2. The molecule has 0 N–H and O–H groups in total. The monoisotopic (exact) mass is 396 g/mol. The average Bonchev–Trinajstić information content (AvgIpc) is 2.70. The number of ether oxygens (including phenoxy) is 2. The lowest BCUT2D eigenvalue weighted by atomic mass is 9.99. The molecule has 0 fully saturated rings. The highest BCUT2D eigenvalue weighted by Crippen LogP contribution is 2.34. The van der Waals surface area contributed by atoms with Crippen LogP contribution in [0.1, 0.15) is 36.1 Å². The smallest absolute Gasteiger partial charge is 0.130 e. The molecule has 152 valence electrons. The van der Waals surface area contributed by atoms with Crippen LogP contribution in [0.15, 0.2) is 97.5 Å². The minimum atomic E-state index is 0.582. The molecular formula is C28H28O2. The van der Waals surface area contributed by atoms with E-state index < -0.39 is 0 Å². The molecule has 2 aromatic carbocycles. The van der Waals surface area contributed by atoms with Gasteiger partial charge in [-0.15, -0.1) is 0 Å². The highest BCUT2D eigenvalue weighted by atomic mass is 16.5. The van der Waals surface area contributed by atoms with Crippen LogP contribution < -0.4 is 4.74 Å². The summed E-state index contributed by atoms with van der Waals surface area (Å²) in [7, 11) is 0. The molecule has 0 radical (unpaired) electrons. The molecule has 30 heavy (non-hydrogen) atoms. The van der Waals surface area contributed by atoms with Gasteiger partial charge < -0.3 is 9.47 Å². The van der Waals surface area contributed by atoms with E-state index in [0.717, 1.165) is 50.7 Å². The molecule has 1 aliphatic rings. The van der Waals surface area contributed by atoms with E-state index in [1.165, 1.54) is 0 Å². The summed E-state index contributed by atoms with van der Waals surface area (Å²) in [6.45, 7) is 16.3. The Morgan fingerprint density at radius 2 is 1.27 bits per heavy atom. The predicted molar refractivity (Wildman–Crippen MR) is 127 cm³/mol. The second kappa shape index (κ2) is 9.32. The Morgan fingerprint density at radius 1 is 0.667 bits per heavy atom. The van der Waals surface area contributed by atoms with Crippen molar-refractivity contribution >= 4 is 11.1 Å². The van der Waals surface area contributed by atoms with Crippen LogP contribution >= 0.6 is 0 Å². The highest BCUT2D eigenvalue weighted by Gasteiger charge is 2.11. The van der Waals surface area contributed by atoms with E-state index >= 15 is 0 Å². The number of rotatable bonds is 0. The first-order chi connectivity index (χ1) is 14.4. The van der Waals surface area contributed by atoms with Crippen molar-refractivity contribution in [3.63, 3.8) is 0 Å². The number of allylic oxidation sites excluding steroid dienone is 9.